The zero-order valence-electron chi connectivity index (χ0n) is 11.9. The minimum atomic E-state index is 0.133. The Hall–Kier alpha value is -0.730. The Bertz CT molecular complexity index is 382. The van der Waals surface area contributed by atoms with E-state index in [-0.39, 0.29) is 5.54 Å². The van der Waals surface area contributed by atoms with Gasteiger partial charge in [-0.3, -0.25) is 0 Å². The highest BCUT2D eigenvalue weighted by atomic mass is 35.5. The number of hydrogen-bond acceptors (Lipinski definition) is 2. The van der Waals surface area contributed by atoms with E-state index in [9.17, 15) is 0 Å². The van der Waals surface area contributed by atoms with Gasteiger partial charge < -0.3 is 10.1 Å². The molecule has 0 amide bonds. The van der Waals surface area contributed by atoms with E-state index < -0.39 is 0 Å². The van der Waals surface area contributed by atoms with Crippen molar-refractivity contribution in [1.29, 1.82) is 0 Å². The van der Waals surface area contributed by atoms with Crippen molar-refractivity contribution < 1.29 is 4.74 Å². The fraction of sp³-hybridized carbons (Fsp3) is 0.625. The van der Waals surface area contributed by atoms with Crippen LogP contribution in [0, 0.1) is 5.92 Å². The largest absolute Gasteiger partial charge is 0.497 e. The molecule has 0 bridgehead atoms. The number of benzene rings is 1. The molecular formula is C16H24ClNO. The van der Waals surface area contributed by atoms with Crippen molar-refractivity contribution in [3.63, 3.8) is 0 Å². The summed E-state index contributed by atoms with van der Waals surface area (Å²) >= 11 is 6.22. The van der Waals surface area contributed by atoms with E-state index in [0.29, 0.717) is 5.88 Å². The van der Waals surface area contributed by atoms with Crippen molar-refractivity contribution in [2.45, 2.75) is 44.7 Å². The van der Waals surface area contributed by atoms with Gasteiger partial charge in [0.1, 0.15) is 5.75 Å². The minimum Gasteiger partial charge on any atom is -0.497 e. The molecule has 0 aromatic heterocycles. The van der Waals surface area contributed by atoms with Crippen molar-refractivity contribution in [2.24, 2.45) is 5.92 Å². The van der Waals surface area contributed by atoms with Gasteiger partial charge in [0, 0.05) is 18.0 Å². The van der Waals surface area contributed by atoms with Crippen LogP contribution in [-0.4, -0.2) is 18.5 Å². The molecule has 2 nitrogen and oxygen atoms in total. The standard InChI is InChI=1S/C16H24ClNO/c1-13-7-9-16(12-17,10-8-13)18-11-14-3-5-15(19-2)6-4-14/h3-6,13,18H,7-12H2,1-2H3. The van der Waals surface area contributed by atoms with Crippen LogP contribution >= 0.6 is 11.6 Å². The third kappa shape index (κ3) is 3.87. The lowest BCUT2D eigenvalue weighted by Crippen LogP contribution is -2.49. The number of hydrogen-bond donors (Lipinski definition) is 1. The van der Waals surface area contributed by atoms with E-state index in [1.165, 1.54) is 31.2 Å². The summed E-state index contributed by atoms with van der Waals surface area (Å²) in [6.07, 6.45) is 4.94. The maximum absolute atomic E-state index is 6.22. The normalized spacial score (nSPS) is 27.2. The predicted octanol–water partition coefficient (Wildman–Crippen LogP) is 3.97. The van der Waals surface area contributed by atoms with Crippen molar-refractivity contribution in [1.82, 2.24) is 5.32 Å². The molecule has 0 heterocycles. The predicted molar refractivity (Wildman–Crippen MR) is 80.9 cm³/mol. The molecule has 1 saturated carbocycles. The summed E-state index contributed by atoms with van der Waals surface area (Å²) in [5.41, 5.74) is 1.41. The zero-order valence-corrected chi connectivity index (χ0v) is 12.7. The molecule has 106 valence electrons. The third-order valence-electron chi connectivity index (χ3n) is 4.31. The van der Waals surface area contributed by atoms with Crippen molar-refractivity contribution in [2.75, 3.05) is 13.0 Å². The molecule has 19 heavy (non-hydrogen) atoms. The molecule has 2 rings (SSSR count). The molecular weight excluding hydrogens is 258 g/mol. The number of alkyl halides is 1. The monoisotopic (exact) mass is 281 g/mol. The smallest absolute Gasteiger partial charge is 0.118 e. The summed E-state index contributed by atoms with van der Waals surface area (Å²) in [6, 6.07) is 8.24. The lowest BCUT2D eigenvalue weighted by molar-refractivity contribution is 0.216. The number of methoxy groups -OCH3 is 1. The van der Waals surface area contributed by atoms with E-state index >= 15 is 0 Å². The number of nitrogens with one attached hydrogen (secondary N) is 1. The van der Waals surface area contributed by atoms with Crippen LogP contribution < -0.4 is 10.1 Å². The Morgan fingerprint density at radius 3 is 2.42 bits per heavy atom. The first-order chi connectivity index (χ1) is 9.17. The Kier molecular flexibility index (Phi) is 5.12. The molecule has 3 heteroatoms. The van der Waals surface area contributed by atoms with Gasteiger partial charge >= 0.3 is 0 Å². The summed E-state index contributed by atoms with van der Waals surface area (Å²) in [5.74, 6) is 2.46. The van der Waals surface area contributed by atoms with Gasteiger partial charge in [-0.1, -0.05) is 19.1 Å². The summed E-state index contributed by atoms with van der Waals surface area (Å²) in [5, 5.41) is 3.69. The SMILES string of the molecule is COc1ccc(CNC2(CCl)CCC(C)CC2)cc1. The molecule has 0 saturated heterocycles. The van der Waals surface area contributed by atoms with Gasteiger partial charge in [-0.05, 0) is 49.3 Å². The Morgan fingerprint density at radius 2 is 1.89 bits per heavy atom. The molecule has 1 aromatic rings. The highest BCUT2D eigenvalue weighted by molar-refractivity contribution is 6.18. The third-order valence-corrected chi connectivity index (χ3v) is 4.83. The number of rotatable bonds is 5. The quantitative estimate of drug-likeness (QED) is 0.825. The van der Waals surface area contributed by atoms with Crippen molar-refractivity contribution in [3.05, 3.63) is 29.8 Å². The van der Waals surface area contributed by atoms with E-state index in [2.05, 4.69) is 24.4 Å². The summed E-state index contributed by atoms with van der Waals surface area (Å²) in [7, 11) is 1.69. The second kappa shape index (κ2) is 6.62. The summed E-state index contributed by atoms with van der Waals surface area (Å²) < 4.78 is 5.17. The van der Waals surface area contributed by atoms with Crippen molar-refractivity contribution >= 4 is 11.6 Å². The zero-order chi connectivity index (χ0) is 13.7. The van der Waals surface area contributed by atoms with Crippen LogP contribution in [0.4, 0.5) is 0 Å². The van der Waals surface area contributed by atoms with Gasteiger partial charge in [0.15, 0.2) is 0 Å². The Labute approximate surface area is 121 Å². The average molecular weight is 282 g/mol. The van der Waals surface area contributed by atoms with E-state index in [1.54, 1.807) is 7.11 Å². The first-order valence-corrected chi connectivity index (χ1v) is 7.65. The fourth-order valence-electron chi connectivity index (χ4n) is 2.71. The fourth-order valence-corrected chi connectivity index (χ4v) is 3.07. The molecule has 0 spiro atoms. The van der Waals surface area contributed by atoms with Crippen molar-refractivity contribution in [3.8, 4) is 5.75 Å². The molecule has 1 aliphatic rings. The van der Waals surface area contributed by atoms with Crippen LogP contribution in [0.1, 0.15) is 38.2 Å². The van der Waals surface area contributed by atoms with Gasteiger partial charge in [-0.15, -0.1) is 11.6 Å². The van der Waals surface area contributed by atoms with Gasteiger partial charge in [-0.2, -0.15) is 0 Å². The Morgan fingerprint density at radius 1 is 1.26 bits per heavy atom. The molecule has 0 unspecified atom stereocenters. The second-order valence-electron chi connectivity index (χ2n) is 5.80. The van der Waals surface area contributed by atoms with E-state index in [0.717, 1.165) is 18.2 Å². The summed E-state index contributed by atoms with van der Waals surface area (Å²) in [4.78, 5) is 0. The maximum atomic E-state index is 6.22. The second-order valence-corrected chi connectivity index (χ2v) is 6.07. The molecule has 1 aliphatic carbocycles. The van der Waals surface area contributed by atoms with Crippen LogP contribution in [0.3, 0.4) is 0 Å². The molecule has 0 aliphatic heterocycles. The lowest BCUT2D eigenvalue weighted by Gasteiger charge is -2.39. The first-order valence-electron chi connectivity index (χ1n) is 7.11. The average Bonchev–Trinajstić information content (AvgIpc) is 2.48. The van der Waals surface area contributed by atoms with E-state index in [4.69, 9.17) is 16.3 Å². The molecule has 1 N–H and O–H groups in total. The number of ether oxygens (including phenoxy) is 1. The topological polar surface area (TPSA) is 21.3 Å². The van der Waals surface area contributed by atoms with Gasteiger partial charge in [0.25, 0.3) is 0 Å². The van der Waals surface area contributed by atoms with Gasteiger partial charge in [0.05, 0.1) is 7.11 Å². The van der Waals surface area contributed by atoms with Crippen LogP contribution in [-0.2, 0) is 6.54 Å². The van der Waals surface area contributed by atoms with Crippen LogP contribution in [0.2, 0.25) is 0 Å². The molecule has 1 aromatic carbocycles. The first kappa shape index (κ1) is 14.7. The Balaban J connectivity index is 1.91. The minimum absolute atomic E-state index is 0.133. The van der Waals surface area contributed by atoms with Gasteiger partial charge in [-0.25, -0.2) is 0 Å². The van der Waals surface area contributed by atoms with Crippen LogP contribution in [0.5, 0.6) is 5.75 Å². The van der Waals surface area contributed by atoms with Gasteiger partial charge in [0.2, 0.25) is 0 Å². The molecule has 0 radical (unpaired) electrons. The highest BCUT2D eigenvalue weighted by Gasteiger charge is 2.32. The lowest BCUT2D eigenvalue weighted by atomic mass is 9.78. The maximum Gasteiger partial charge on any atom is 0.118 e. The molecule has 0 atom stereocenters. The highest BCUT2D eigenvalue weighted by Crippen LogP contribution is 2.33. The van der Waals surface area contributed by atoms with E-state index in [1.807, 2.05) is 12.1 Å². The molecule has 1 fully saturated rings. The number of halogens is 1. The van der Waals surface area contributed by atoms with Crippen LogP contribution in [0.15, 0.2) is 24.3 Å². The van der Waals surface area contributed by atoms with Crippen LogP contribution in [0.25, 0.3) is 0 Å². The summed E-state index contributed by atoms with van der Waals surface area (Å²) in [6.45, 7) is 3.21.